The zero-order chi connectivity index (χ0) is 26.3. The van der Waals surface area contributed by atoms with E-state index < -0.39 is 29.7 Å². The molecule has 2 aromatic carbocycles. The van der Waals surface area contributed by atoms with Crippen LogP contribution in [0.2, 0.25) is 0 Å². The van der Waals surface area contributed by atoms with Crippen LogP contribution < -0.4 is 10.6 Å². The van der Waals surface area contributed by atoms with E-state index in [-0.39, 0.29) is 11.8 Å². The van der Waals surface area contributed by atoms with Crippen molar-refractivity contribution in [1.29, 1.82) is 0 Å². The van der Waals surface area contributed by atoms with Gasteiger partial charge < -0.3 is 20.3 Å². The normalized spacial score (nSPS) is 12.8. The summed E-state index contributed by atoms with van der Waals surface area (Å²) in [4.78, 5) is 40.9. The summed E-state index contributed by atoms with van der Waals surface area (Å²) in [5.41, 5.74) is 2.08. The maximum atomic E-state index is 13.6. The third-order valence-electron chi connectivity index (χ3n) is 5.38. The maximum Gasteiger partial charge on any atom is 0.408 e. The first-order chi connectivity index (χ1) is 16.3. The van der Waals surface area contributed by atoms with Gasteiger partial charge in [-0.3, -0.25) is 9.59 Å². The number of nitrogens with zero attached hydrogens (tertiary/aromatic N) is 1. The van der Waals surface area contributed by atoms with Crippen LogP contribution in [0.3, 0.4) is 0 Å². The highest BCUT2D eigenvalue weighted by Gasteiger charge is 2.35. The van der Waals surface area contributed by atoms with Crippen LogP contribution in [0.1, 0.15) is 57.4 Å². The van der Waals surface area contributed by atoms with Crippen LogP contribution in [0.15, 0.2) is 48.5 Å². The van der Waals surface area contributed by atoms with Gasteiger partial charge in [0.1, 0.15) is 17.7 Å². The third kappa shape index (κ3) is 7.61. The molecule has 0 bridgehead atoms. The molecule has 0 aliphatic carbocycles. The Morgan fingerprint density at radius 1 is 1.03 bits per heavy atom. The van der Waals surface area contributed by atoms with Gasteiger partial charge in [-0.1, -0.05) is 50.1 Å². The van der Waals surface area contributed by atoms with Gasteiger partial charge in [-0.25, -0.2) is 4.79 Å². The van der Waals surface area contributed by atoms with Gasteiger partial charge in [0.15, 0.2) is 0 Å². The lowest BCUT2D eigenvalue weighted by Gasteiger charge is -2.33. The monoisotopic (exact) mass is 477 g/mol. The second kappa shape index (κ2) is 11.6. The molecule has 2 N–H and O–H groups in total. The number of benzene rings is 2. The molecule has 7 heteroatoms. The minimum Gasteiger partial charge on any atom is -0.444 e. The number of aryl methyl sites for hydroxylation is 1. The van der Waals surface area contributed by atoms with Crippen LogP contribution >= 0.6 is 0 Å². The molecule has 0 spiro atoms. The number of para-hydroxylation sites is 1. The summed E-state index contributed by atoms with van der Waals surface area (Å²) in [6.45, 7) is 10.8. The van der Waals surface area contributed by atoms with E-state index in [0.717, 1.165) is 5.56 Å². The molecule has 0 saturated carbocycles. The van der Waals surface area contributed by atoms with Crippen molar-refractivity contribution in [2.75, 3.05) is 12.4 Å². The largest absolute Gasteiger partial charge is 0.444 e. The van der Waals surface area contributed by atoms with Crippen molar-refractivity contribution in [3.63, 3.8) is 0 Å². The predicted octanol–water partition coefficient (Wildman–Crippen LogP) is 4.66. The van der Waals surface area contributed by atoms with E-state index in [0.29, 0.717) is 16.8 Å². The summed E-state index contributed by atoms with van der Waals surface area (Å²) in [7, 11) is 1.55. The van der Waals surface area contributed by atoms with E-state index in [1.54, 1.807) is 58.2 Å². The van der Waals surface area contributed by atoms with Gasteiger partial charge in [-0.05, 0) is 62.9 Å². The first-order valence-electron chi connectivity index (χ1n) is 11.5. The Morgan fingerprint density at radius 2 is 1.63 bits per heavy atom. The van der Waals surface area contributed by atoms with Crippen molar-refractivity contribution in [2.24, 2.45) is 5.92 Å². The lowest BCUT2D eigenvalue weighted by atomic mass is 9.98. The van der Waals surface area contributed by atoms with Gasteiger partial charge in [-0.2, -0.15) is 0 Å². The summed E-state index contributed by atoms with van der Waals surface area (Å²) in [6.07, 6.45) is 4.78. The highest BCUT2D eigenvalue weighted by Crippen LogP contribution is 2.25. The quantitative estimate of drug-likeness (QED) is 0.568. The van der Waals surface area contributed by atoms with Gasteiger partial charge >= 0.3 is 6.09 Å². The minimum absolute atomic E-state index is 0.249. The zero-order valence-corrected chi connectivity index (χ0v) is 21.5. The highest BCUT2D eigenvalue weighted by atomic mass is 16.6. The summed E-state index contributed by atoms with van der Waals surface area (Å²) < 4.78 is 5.34. The van der Waals surface area contributed by atoms with Gasteiger partial charge in [0.2, 0.25) is 5.91 Å². The number of nitrogens with one attached hydrogen (secondary N) is 2. The molecule has 2 rings (SSSR count). The van der Waals surface area contributed by atoms with Gasteiger partial charge in [0.05, 0.1) is 0 Å². The molecular formula is C28H35N3O4. The molecular weight excluding hydrogens is 442 g/mol. The molecule has 2 atom stereocenters. The molecule has 0 aliphatic rings. The molecule has 35 heavy (non-hydrogen) atoms. The van der Waals surface area contributed by atoms with E-state index in [1.807, 2.05) is 39.0 Å². The number of hydrogen-bond acceptors (Lipinski definition) is 4. The number of ether oxygens (including phenoxy) is 1. The lowest BCUT2D eigenvalue weighted by molar-refractivity contribution is -0.140. The maximum absolute atomic E-state index is 13.6. The molecule has 2 unspecified atom stereocenters. The molecule has 3 amide bonds. The average Bonchev–Trinajstić information content (AvgIpc) is 2.77. The zero-order valence-electron chi connectivity index (χ0n) is 21.5. The molecule has 0 radical (unpaired) electrons. The summed E-state index contributed by atoms with van der Waals surface area (Å²) in [6, 6.07) is 12.4. The van der Waals surface area contributed by atoms with Crippen molar-refractivity contribution in [3.8, 4) is 12.3 Å². The van der Waals surface area contributed by atoms with Crippen molar-refractivity contribution < 1.29 is 19.1 Å². The number of likely N-dealkylation sites (N-methyl/N-ethyl adjacent to an activating group) is 1. The first kappa shape index (κ1) is 27.5. The van der Waals surface area contributed by atoms with E-state index >= 15 is 0 Å². The van der Waals surface area contributed by atoms with E-state index in [4.69, 9.17) is 11.2 Å². The standard InChI is InChI=1S/C28H35N3O4/c1-9-20-14-16-21(17-15-20)24(25(32)29-22-13-11-10-12-19(22)4)31(8)26(33)23(18(2)3)30-27(34)35-28(5,6)7/h1,10-18,23-24H,2-8H3,(H,29,32)(H,30,34). The number of rotatable bonds is 7. The smallest absolute Gasteiger partial charge is 0.408 e. The lowest BCUT2D eigenvalue weighted by Crippen LogP contribution is -2.53. The second-order valence-corrected chi connectivity index (χ2v) is 9.79. The van der Waals surface area contributed by atoms with Crippen molar-refractivity contribution in [1.82, 2.24) is 10.2 Å². The number of hydrogen-bond donors (Lipinski definition) is 2. The Bertz CT molecular complexity index is 1090. The van der Waals surface area contributed by atoms with Crippen LogP contribution in [0.25, 0.3) is 0 Å². The van der Waals surface area contributed by atoms with Crippen LogP contribution in [0.5, 0.6) is 0 Å². The Balaban J connectivity index is 2.40. The topological polar surface area (TPSA) is 87.7 Å². The number of anilines is 1. The number of alkyl carbamates (subject to hydrolysis) is 1. The van der Waals surface area contributed by atoms with Gasteiger partial charge in [0.25, 0.3) is 5.91 Å². The molecule has 2 aromatic rings. The number of carbonyl (C=O) groups is 3. The summed E-state index contributed by atoms with van der Waals surface area (Å²) in [5.74, 6) is 1.50. The molecule has 0 aromatic heterocycles. The van der Waals surface area contributed by atoms with Crippen LogP contribution in [-0.4, -0.2) is 41.5 Å². The molecule has 0 saturated heterocycles. The van der Waals surface area contributed by atoms with E-state index in [2.05, 4.69) is 16.6 Å². The predicted molar refractivity (Wildman–Crippen MR) is 138 cm³/mol. The highest BCUT2D eigenvalue weighted by molar-refractivity contribution is 5.99. The molecule has 0 fully saturated rings. The SMILES string of the molecule is C#Cc1ccc(C(C(=O)Nc2ccccc2C)N(C)C(=O)C(NC(=O)OC(C)(C)C)C(C)C)cc1. The first-order valence-corrected chi connectivity index (χ1v) is 11.5. The number of terminal acetylenes is 1. The molecule has 0 heterocycles. The van der Waals surface area contributed by atoms with Crippen molar-refractivity contribution in [2.45, 2.75) is 59.2 Å². The molecule has 7 nitrogen and oxygen atoms in total. The summed E-state index contributed by atoms with van der Waals surface area (Å²) in [5, 5.41) is 5.59. The van der Waals surface area contributed by atoms with Crippen molar-refractivity contribution >= 4 is 23.6 Å². The van der Waals surface area contributed by atoms with E-state index in [9.17, 15) is 14.4 Å². The average molecular weight is 478 g/mol. The van der Waals surface area contributed by atoms with Gasteiger partial charge in [-0.15, -0.1) is 6.42 Å². The summed E-state index contributed by atoms with van der Waals surface area (Å²) >= 11 is 0. The van der Waals surface area contributed by atoms with Crippen LogP contribution in [0, 0.1) is 25.2 Å². The number of carbonyl (C=O) groups excluding carboxylic acids is 3. The fourth-order valence-corrected chi connectivity index (χ4v) is 3.52. The van der Waals surface area contributed by atoms with Gasteiger partial charge in [0, 0.05) is 18.3 Å². The fraction of sp³-hybridized carbons (Fsp3) is 0.393. The Labute approximate surface area is 208 Å². The second-order valence-electron chi connectivity index (χ2n) is 9.79. The molecule has 0 aliphatic heterocycles. The fourth-order valence-electron chi connectivity index (χ4n) is 3.52. The Kier molecular flexibility index (Phi) is 9.07. The molecule has 186 valence electrons. The number of amides is 3. The van der Waals surface area contributed by atoms with Crippen LogP contribution in [0.4, 0.5) is 10.5 Å². The van der Waals surface area contributed by atoms with Crippen LogP contribution in [-0.2, 0) is 14.3 Å². The Hall–Kier alpha value is -3.79. The van der Waals surface area contributed by atoms with Crippen molar-refractivity contribution in [3.05, 3.63) is 65.2 Å². The Morgan fingerprint density at radius 3 is 2.14 bits per heavy atom. The third-order valence-corrected chi connectivity index (χ3v) is 5.38. The minimum atomic E-state index is -0.962. The van der Waals surface area contributed by atoms with E-state index in [1.165, 1.54) is 4.90 Å².